The van der Waals surface area contributed by atoms with Gasteiger partial charge in [-0.2, -0.15) is 0 Å². The first-order valence-electron chi connectivity index (χ1n) is 7.85. The van der Waals surface area contributed by atoms with Crippen LogP contribution in [0.5, 0.6) is 0 Å². The lowest BCUT2D eigenvalue weighted by atomic mass is 9.85. The zero-order chi connectivity index (χ0) is 16.9. The average molecular weight is 321 g/mol. The molecular formula is C16H23N3O4. The minimum atomic E-state index is -0.814. The number of nitro groups is 1. The van der Waals surface area contributed by atoms with Crippen LogP contribution in [0.2, 0.25) is 0 Å². The summed E-state index contributed by atoms with van der Waals surface area (Å²) in [6.45, 7) is 0.234. The average Bonchev–Trinajstić information content (AvgIpc) is 2.53. The highest BCUT2D eigenvalue weighted by Gasteiger charge is 2.29. The van der Waals surface area contributed by atoms with Crippen LogP contribution in [0.4, 0.5) is 11.4 Å². The fourth-order valence-corrected chi connectivity index (χ4v) is 2.95. The quantitative estimate of drug-likeness (QED) is 0.616. The highest BCUT2D eigenvalue weighted by molar-refractivity contribution is 5.82. The predicted octanol–water partition coefficient (Wildman–Crippen LogP) is 1.84. The van der Waals surface area contributed by atoms with Crippen molar-refractivity contribution < 1.29 is 14.8 Å². The summed E-state index contributed by atoms with van der Waals surface area (Å²) in [5, 5.41) is 24.1. The van der Waals surface area contributed by atoms with Crippen molar-refractivity contribution in [2.24, 2.45) is 0 Å². The summed E-state index contributed by atoms with van der Waals surface area (Å²) in [5.41, 5.74) is -0.455. The molecule has 126 valence electrons. The topological polar surface area (TPSA) is 95.7 Å². The van der Waals surface area contributed by atoms with Crippen LogP contribution in [0.3, 0.4) is 0 Å². The number of hydrogen-bond donors (Lipinski definition) is 2. The van der Waals surface area contributed by atoms with Crippen LogP contribution in [-0.4, -0.2) is 41.7 Å². The van der Waals surface area contributed by atoms with Crippen molar-refractivity contribution in [1.29, 1.82) is 0 Å². The fourth-order valence-electron chi connectivity index (χ4n) is 2.95. The summed E-state index contributed by atoms with van der Waals surface area (Å²) in [5.74, 6) is -0.260. The lowest BCUT2D eigenvalue weighted by Gasteiger charge is -2.32. The van der Waals surface area contributed by atoms with Gasteiger partial charge in [0.1, 0.15) is 5.69 Å². The standard InChI is InChI=1S/C16H23N3O4/c1-18(13-7-3-4-8-14(13)19(22)23)11-15(20)17-12-16(21)9-5-2-6-10-16/h3-4,7-8,21H,2,5-6,9-12H2,1H3,(H,17,20). The van der Waals surface area contributed by atoms with Crippen molar-refractivity contribution in [2.75, 3.05) is 25.0 Å². The normalized spacial score (nSPS) is 16.6. The first-order valence-corrected chi connectivity index (χ1v) is 7.85. The number of hydrogen-bond acceptors (Lipinski definition) is 5. The molecule has 0 aromatic heterocycles. The van der Waals surface area contributed by atoms with Gasteiger partial charge in [-0.05, 0) is 18.9 Å². The van der Waals surface area contributed by atoms with E-state index in [2.05, 4.69) is 5.32 Å². The third kappa shape index (κ3) is 4.66. The van der Waals surface area contributed by atoms with E-state index in [-0.39, 0.29) is 24.7 Å². The molecule has 0 saturated heterocycles. The molecule has 7 heteroatoms. The number of anilines is 1. The summed E-state index contributed by atoms with van der Waals surface area (Å²) in [4.78, 5) is 24.2. The van der Waals surface area contributed by atoms with Crippen molar-refractivity contribution in [3.63, 3.8) is 0 Å². The molecule has 1 fully saturated rings. The van der Waals surface area contributed by atoms with Crippen LogP contribution in [0.1, 0.15) is 32.1 Å². The number of benzene rings is 1. The minimum Gasteiger partial charge on any atom is -0.388 e. The third-order valence-corrected chi connectivity index (χ3v) is 4.27. The van der Waals surface area contributed by atoms with Gasteiger partial charge in [0.2, 0.25) is 5.91 Å². The molecule has 0 aliphatic heterocycles. The molecule has 0 heterocycles. The van der Waals surface area contributed by atoms with Crippen LogP contribution in [-0.2, 0) is 4.79 Å². The molecule has 1 aromatic carbocycles. The van der Waals surface area contributed by atoms with Crippen molar-refractivity contribution in [2.45, 2.75) is 37.7 Å². The Morgan fingerprint density at radius 1 is 1.35 bits per heavy atom. The number of carbonyl (C=O) groups excluding carboxylic acids is 1. The van der Waals surface area contributed by atoms with Gasteiger partial charge in [0.15, 0.2) is 0 Å². The maximum atomic E-state index is 12.1. The minimum absolute atomic E-state index is 0.000926. The second-order valence-corrected chi connectivity index (χ2v) is 6.16. The molecule has 0 bridgehead atoms. The van der Waals surface area contributed by atoms with Crippen molar-refractivity contribution in [3.05, 3.63) is 34.4 Å². The molecular weight excluding hydrogens is 298 g/mol. The second-order valence-electron chi connectivity index (χ2n) is 6.16. The predicted molar refractivity (Wildman–Crippen MR) is 87.4 cm³/mol. The summed E-state index contributed by atoms with van der Waals surface area (Å²) >= 11 is 0. The highest BCUT2D eigenvalue weighted by atomic mass is 16.6. The van der Waals surface area contributed by atoms with Gasteiger partial charge in [0.05, 0.1) is 17.1 Å². The van der Waals surface area contributed by atoms with Gasteiger partial charge in [-0.3, -0.25) is 14.9 Å². The molecule has 2 N–H and O–H groups in total. The van der Waals surface area contributed by atoms with Gasteiger partial charge in [-0.15, -0.1) is 0 Å². The zero-order valence-corrected chi connectivity index (χ0v) is 13.3. The van der Waals surface area contributed by atoms with E-state index in [9.17, 15) is 20.0 Å². The Balaban J connectivity index is 1.91. The first-order chi connectivity index (χ1) is 10.9. The number of carbonyl (C=O) groups is 1. The Morgan fingerprint density at radius 2 is 2.00 bits per heavy atom. The Labute approximate surface area is 135 Å². The molecule has 2 rings (SSSR count). The molecule has 1 aliphatic carbocycles. The summed E-state index contributed by atoms with van der Waals surface area (Å²) in [6.07, 6.45) is 4.47. The highest BCUT2D eigenvalue weighted by Crippen LogP contribution is 2.28. The maximum Gasteiger partial charge on any atom is 0.292 e. The van der Waals surface area contributed by atoms with Gasteiger partial charge in [0, 0.05) is 19.7 Å². The van der Waals surface area contributed by atoms with Gasteiger partial charge in [-0.1, -0.05) is 31.4 Å². The molecule has 1 aliphatic rings. The molecule has 0 unspecified atom stereocenters. The fraction of sp³-hybridized carbons (Fsp3) is 0.562. The lowest BCUT2D eigenvalue weighted by Crippen LogP contribution is -2.46. The number of para-hydroxylation sites is 2. The van der Waals surface area contributed by atoms with E-state index in [1.165, 1.54) is 6.07 Å². The Morgan fingerprint density at radius 3 is 2.65 bits per heavy atom. The number of rotatable bonds is 6. The van der Waals surface area contributed by atoms with E-state index in [1.54, 1.807) is 30.1 Å². The zero-order valence-electron chi connectivity index (χ0n) is 13.3. The number of nitrogens with zero attached hydrogens (tertiary/aromatic N) is 2. The second kappa shape index (κ2) is 7.41. The number of nitro benzene ring substituents is 1. The third-order valence-electron chi connectivity index (χ3n) is 4.27. The van der Waals surface area contributed by atoms with Crippen LogP contribution in [0.25, 0.3) is 0 Å². The van der Waals surface area contributed by atoms with Gasteiger partial charge >= 0.3 is 0 Å². The maximum absolute atomic E-state index is 12.1. The monoisotopic (exact) mass is 321 g/mol. The van der Waals surface area contributed by atoms with Crippen LogP contribution in [0.15, 0.2) is 24.3 Å². The molecule has 1 saturated carbocycles. The Kier molecular flexibility index (Phi) is 5.54. The van der Waals surface area contributed by atoms with Gasteiger partial charge in [0.25, 0.3) is 5.69 Å². The smallest absolute Gasteiger partial charge is 0.292 e. The van der Waals surface area contributed by atoms with Gasteiger partial charge < -0.3 is 15.3 Å². The van der Waals surface area contributed by atoms with Gasteiger partial charge in [-0.25, -0.2) is 0 Å². The number of amides is 1. The van der Waals surface area contributed by atoms with Crippen molar-refractivity contribution in [1.82, 2.24) is 5.32 Å². The molecule has 0 radical (unpaired) electrons. The van der Waals surface area contributed by atoms with Crippen LogP contribution < -0.4 is 10.2 Å². The van der Waals surface area contributed by atoms with E-state index in [0.29, 0.717) is 18.5 Å². The molecule has 0 atom stereocenters. The summed E-state index contributed by atoms with van der Waals surface area (Å²) < 4.78 is 0. The Hall–Kier alpha value is -2.15. The van der Waals surface area contributed by atoms with Crippen LogP contribution >= 0.6 is 0 Å². The molecule has 1 aromatic rings. The van der Waals surface area contributed by atoms with Crippen LogP contribution in [0, 0.1) is 10.1 Å². The summed E-state index contributed by atoms with van der Waals surface area (Å²) in [6, 6.07) is 6.31. The van der Waals surface area contributed by atoms with E-state index in [1.807, 2.05) is 0 Å². The summed E-state index contributed by atoms with van der Waals surface area (Å²) in [7, 11) is 1.64. The molecule has 23 heavy (non-hydrogen) atoms. The van der Waals surface area contributed by atoms with E-state index >= 15 is 0 Å². The largest absolute Gasteiger partial charge is 0.388 e. The van der Waals surface area contributed by atoms with E-state index in [0.717, 1.165) is 19.3 Å². The van der Waals surface area contributed by atoms with Crippen molar-refractivity contribution in [3.8, 4) is 0 Å². The van der Waals surface area contributed by atoms with Crippen molar-refractivity contribution >= 4 is 17.3 Å². The number of likely N-dealkylation sites (N-methyl/N-ethyl adjacent to an activating group) is 1. The molecule has 7 nitrogen and oxygen atoms in total. The Bertz CT molecular complexity index is 570. The molecule has 0 spiro atoms. The van der Waals surface area contributed by atoms with E-state index in [4.69, 9.17) is 0 Å². The number of aliphatic hydroxyl groups is 1. The first kappa shape index (κ1) is 17.2. The lowest BCUT2D eigenvalue weighted by molar-refractivity contribution is -0.384. The number of nitrogens with one attached hydrogen (secondary N) is 1. The van der Waals surface area contributed by atoms with E-state index < -0.39 is 10.5 Å². The molecule has 1 amide bonds. The SMILES string of the molecule is CN(CC(=O)NCC1(O)CCCCC1)c1ccccc1[N+](=O)[O-].